The van der Waals surface area contributed by atoms with E-state index < -0.39 is 0 Å². The Morgan fingerprint density at radius 2 is 2.10 bits per heavy atom. The molecule has 1 aromatic carbocycles. The van der Waals surface area contributed by atoms with Crippen LogP contribution in [0.15, 0.2) is 36.4 Å². The van der Waals surface area contributed by atoms with Gasteiger partial charge in [0.1, 0.15) is 4.83 Å². The maximum absolute atomic E-state index is 12.1. The van der Waals surface area contributed by atoms with Crippen LogP contribution in [0.1, 0.15) is 28.7 Å². The molecule has 1 amide bonds. The number of carbonyl (C=O) groups is 1. The van der Waals surface area contributed by atoms with Crippen molar-refractivity contribution in [2.24, 2.45) is 0 Å². The first-order valence-corrected chi connectivity index (χ1v) is 7.85. The zero-order valence-corrected chi connectivity index (χ0v) is 12.9. The fourth-order valence-corrected chi connectivity index (χ4v) is 3.33. The molecule has 0 bridgehead atoms. The smallest absolute Gasteiger partial charge is 0.261 e. The highest BCUT2D eigenvalue weighted by Gasteiger charge is 2.16. The van der Waals surface area contributed by atoms with E-state index in [1.807, 2.05) is 54.9 Å². The Labute approximate surface area is 127 Å². The molecular formula is C16H17N3OS. The molecular weight excluding hydrogens is 282 g/mol. The highest BCUT2D eigenvalue weighted by molar-refractivity contribution is 7.20. The molecule has 1 N–H and O–H groups in total. The zero-order valence-electron chi connectivity index (χ0n) is 12.1. The van der Waals surface area contributed by atoms with E-state index in [9.17, 15) is 4.79 Å². The number of rotatable bonds is 4. The van der Waals surface area contributed by atoms with Crippen LogP contribution in [-0.2, 0) is 0 Å². The predicted molar refractivity (Wildman–Crippen MR) is 86.3 cm³/mol. The lowest BCUT2D eigenvalue weighted by Crippen LogP contribution is -2.22. The molecule has 0 aliphatic rings. The molecule has 0 unspecified atom stereocenters. The molecule has 0 saturated heterocycles. The average Bonchev–Trinajstić information content (AvgIpc) is 3.07. The number of para-hydroxylation sites is 1. The number of fused-ring (bicyclic) bond motifs is 1. The Bertz CT molecular complexity index is 774. The van der Waals surface area contributed by atoms with Gasteiger partial charge in [0.25, 0.3) is 5.91 Å². The largest absolute Gasteiger partial charge is 0.351 e. The summed E-state index contributed by atoms with van der Waals surface area (Å²) in [5.41, 5.74) is 1.96. The second-order valence-electron chi connectivity index (χ2n) is 4.92. The van der Waals surface area contributed by atoms with Crippen LogP contribution in [0.4, 0.5) is 0 Å². The number of aryl methyl sites for hydroxylation is 1. The normalized spacial score (nSPS) is 11.0. The molecule has 3 rings (SSSR count). The first-order chi connectivity index (χ1) is 10.2. The van der Waals surface area contributed by atoms with E-state index in [0.29, 0.717) is 6.54 Å². The summed E-state index contributed by atoms with van der Waals surface area (Å²) in [7, 11) is 0. The third-order valence-corrected chi connectivity index (χ3v) is 4.41. The monoisotopic (exact) mass is 299 g/mol. The van der Waals surface area contributed by atoms with E-state index in [0.717, 1.165) is 32.9 Å². The fourth-order valence-electron chi connectivity index (χ4n) is 2.23. The SMILES string of the molecule is CCCNC(=O)c1cc2c(C)nn(-c3ccccc3)c2s1. The Kier molecular flexibility index (Phi) is 3.75. The molecule has 21 heavy (non-hydrogen) atoms. The summed E-state index contributed by atoms with van der Waals surface area (Å²) in [4.78, 5) is 13.9. The Morgan fingerprint density at radius 1 is 1.33 bits per heavy atom. The van der Waals surface area contributed by atoms with Crippen molar-refractivity contribution < 1.29 is 4.79 Å². The molecule has 108 valence electrons. The maximum Gasteiger partial charge on any atom is 0.261 e. The predicted octanol–water partition coefficient (Wildman–Crippen LogP) is 3.54. The molecule has 0 radical (unpaired) electrons. The van der Waals surface area contributed by atoms with Gasteiger partial charge in [0, 0.05) is 11.9 Å². The van der Waals surface area contributed by atoms with Gasteiger partial charge in [0.2, 0.25) is 0 Å². The molecule has 0 aliphatic carbocycles. The number of benzene rings is 1. The number of nitrogens with zero attached hydrogens (tertiary/aromatic N) is 2. The molecule has 2 aromatic heterocycles. The van der Waals surface area contributed by atoms with Gasteiger partial charge in [0.15, 0.2) is 0 Å². The van der Waals surface area contributed by atoms with Gasteiger partial charge in [0.05, 0.1) is 16.3 Å². The van der Waals surface area contributed by atoms with Gasteiger partial charge in [-0.2, -0.15) is 5.10 Å². The van der Waals surface area contributed by atoms with Crippen LogP contribution in [0, 0.1) is 6.92 Å². The number of carbonyl (C=O) groups excluding carboxylic acids is 1. The molecule has 0 spiro atoms. The Hall–Kier alpha value is -2.14. The summed E-state index contributed by atoms with van der Waals surface area (Å²) >= 11 is 1.49. The van der Waals surface area contributed by atoms with Crippen molar-refractivity contribution in [2.75, 3.05) is 6.54 Å². The first kappa shape index (κ1) is 13.8. The van der Waals surface area contributed by atoms with E-state index >= 15 is 0 Å². The van der Waals surface area contributed by atoms with Gasteiger partial charge in [-0.15, -0.1) is 11.3 Å². The molecule has 0 fully saturated rings. The molecule has 4 nitrogen and oxygen atoms in total. The van der Waals surface area contributed by atoms with Crippen LogP contribution in [0.3, 0.4) is 0 Å². The lowest BCUT2D eigenvalue weighted by atomic mass is 10.3. The van der Waals surface area contributed by atoms with Gasteiger partial charge >= 0.3 is 0 Å². The first-order valence-electron chi connectivity index (χ1n) is 7.03. The number of amides is 1. The molecule has 0 saturated carbocycles. The molecule has 3 aromatic rings. The molecule has 2 heterocycles. The minimum absolute atomic E-state index is 0.00272. The van der Waals surface area contributed by atoms with E-state index in [4.69, 9.17) is 0 Å². The number of hydrogen-bond acceptors (Lipinski definition) is 3. The minimum atomic E-state index is -0.00272. The number of hydrogen-bond donors (Lipinski definition) is 1. The Balaban J connectivity index is 2.04. The highest BCUT2D eigenvalue weighted by atomic mass is 32.1. The van der Waals surface area contributed by atoms with Gasteiger partial charge in [-0.3, -0.25) is 4.79 Å². The van der Waals surface area contributed by atoms with Crippen molar-refractivity contribution in [3.05, 3.63) is 47.0 Å². The third-order valence-electron chi connectivity index (χ3n) is 3.30. The summed E-state index contributed by atoms with van der Waals surface area (Å²) in [6.45, 7) is 4.72. The van der Waals surface area contributed by atoms with Crippen molar-refractivity contribution in [1.29, 1.82) is 0 Å². The van der Waals surface area contributed by atoms with Crippen molar-refractivity contribution in [3.63, 3.8) is 0 Å². The molecule has 0 aliphatic heterocycles. The van der Waals surface area contributed by atoms with Gasteiger partial charge < -0.3 is 5.32 Å². The van der Waals surface area contributed by atoms with Crippen LogP contribution in [0.5, 0.6) is 0 Å². The van der Waals surface area contributed by atoms with Crippen molar-refractivity contribution in [3.8, 4) is 5.69 Å². The standard InChI is InChI=1S/C16H17N3OS/c1-3-9-17-15(20)14-10-13-11(2)18-19(16(13)21-14)12-7-5-4-6-8-12/h4-8,10H,3,9H2,1-2H3,(H,17,20). The van der Waals surface area contributed by atoms with Crippen LogP contribution in [0.2, 0.25) is 0 Å². The van der Waals surface area contributed by atoms with E-state index in [-0.39, 0.29) is 5.91 Å². The van der Waals surface area contributed by atoms with Crippen molar-refractivity contribution in [2.45, 2.75) is 20.3 Å². The molecule has 5 heteroatoms. The second kappa shape index (κ2) is 5.69. The number of thiophene rings is 1. The van der Waals surface area contributed by atoms with Crippen molar-refractivity contribution >= 4 is 27.5 Å². The van der Waals surface area contributed by atoms with Crippen LogP contribution in [-0.4, -0.2) is 22.2 Å². The van der Waals surface area contributed by atoms with E-state index in [1.165, 1.54) is 11.3 Å². The van der Waals surface area contributed by atoms with Gasteiger partial charge in [-0.25, -0.2) is 4.68 Å². The average molecular weight is 299 g/mol. The summed E-state index contributed by atoms with van der Waals surface area (Å²) in [5, 5.41) is 8.54. The number of nitrogens with one attached hydrogen (secondary N) is 1. The second-order valence-corrected chi connectivity index (χ2v) is 5.95. The fraction of sp³-hybridized carbons (Fsp3) is 0.250. The van der Waals surface area contributed by atoms with Crippen LogP contribution in [0.25, 0.3) is 15.9 Å². The van der Waals surface area contributed by atoms with E-state index in [2.05, 4.69) is 10.4 Å². The highest BCUT2D eigenvalue weighted by Crippen LogP contribution is 2.30. The maximum atomic E-state index is 12.1. The summed E-state index contributed by atoms with van der Waals surface area (Å²) < 4.78 is 1.91. The van der Waals surface area contributed by atoms with Crippen LogP contribution < -0.4 is 5.32 Å². The molecule has 0 atom stereocenters. The van der Waals surface area contributed by atoms with Gasteiger partial charge in [-0.05, 0) is 31.5 Å². The lowest BCUT2D eigenvalue weighted by Gasteiger charge is -2.02. The van der Waals surface area contributed by atoms with Crippen LogP contribution >= 0.6 is 11.3 Å². The number of aromatic nitrogens is 2. The van der Waals surface area contributed by atoms with Crippen molar-refractivity contribution in [1.82, 2.24) is 15.1 Å². The van der Waals surface area contributed by atoms with E-state index in [1.54, 1.807) is 0 Å². The zero-order chi connectivity index (χ0) is 14.8. The summed E-state index contributed by atoms with van der Waals surface area (Å²) in [6.07, 6.45) is 0.938. The summed E-state index contributed by atoms with van der Waals surface area (Å²) in [5.74, 6) is -0.00272. The Morgan fingerprint density at radius 3 is 2.81 bits per heavy atom. The third kappa shape index (κ3) is 2.56. The minimum Gasteiger partial charge on any atom is -0.351 e. The lowest BCUT2D eigenvalue weighted by molar-refractivity contribution is 0.0958. The quantitative estimate of drug-likeness (QED) is 0.801. The topological polar surface area (TPSA) is 46.9 Å². The summed E-state index contributed by atoms with van der Waals surface area (Å²) in [6, 6.07) is 11.9. The van der Waals surface area contributed by atoms with Gasteiger partial charge in [-0.1, -0.05) is 25.1 Å².